The second-order valence-corrected chi connectivity index (χ2v) is 6.35. The third-order valence-electron chi connectivity index (χ3n) is 3.17. The molecule has 0 bridgehead atoms. The minimum Gasteiger partial charge on any atom is -0.369 e. The molecule has 3 nitrogen and oxygen atoms in total. The lowest BCUT2D eigenvalue weighted by atomic mass is 9.88. The van der Waals surface area contributed by atoms with Crippen LogP contribution in [0.25, 0.3) is 10.1 Å². The SMILES string of the molecule is CC(C)(CCCN)CNc1nccc2sccc12. The topological polar surface area (TPSA) is 50.9 Å². The number of nitrogens with zero attached hydrogens (tertiary/aromatic N) is 1. The van der Waals surface area contributed by atoms with Crippen molar-refractivity contribution in [2.75, 3.05) is 18.4 Å². The van der Waals surface area contributed by atoms with Crippen LogP contribution in [0.15, 0.2) is 23.7 Å². The number of aromatic nitrogens is 1. The molecule has 0 aliphatic heterocycles. The molecule has 2 heterocycles. The fraction of sp³-hybridized carbons (Fsp3) is 0.500. The van der Waals surface area contributed by atoms with E-state index in [9.17, 15) is 0 Å². The van der Waals surface area contributed by atoms with Crippen molar-refractivity contribution in [3.05, 3.63) is 23.7 Å². The molecule has 2 rings (SSSR count). The van der Waals surface area contributed by atoms with Gasteiger partial charge in [0.1, 0.15) is 5.82 Å². The molecule has 0 unspecified atom stereocenters. The van der Waals surface area contributed by atoms with E-state index in [2.05, 4.69) is 41.7 Å². The summed E-state index contributed by atoms with van der Waals surface area (Å²) >= 11 is 1.75. The number of hydrogen-bond donors (Lipinski definition) is 2. The number of thiophene rings is 1. The monoisotopic (exact) mass is 263 g/mol. The molecule has 2 aromatic heterocycles. The number of pyridine rings is 1. The molecule has 0 aliphatic rings. The van der Waals surface area contributed by atoms with E-state index in [1.165, 1.54) is 10.1 Å². The summed E-state index contributed by atoms with van der Waals surface area (Å²) in [5.41, 5.74) is 5.82. The van der Waals surface area contributed by atoms with Crippen molar-refractivity contribution in [2.24, 2.45) is 11.1 Å². The van der Waals surface area contributed by atoms with Crippen molar-refractivity contribution < 1.29 is 0 Å². The molecule has 0 spiro atoms. The van der Waals surface area contributed by atoms with Crippen LogP contribution in [-0.2, 0) is 0 Å². The molecule has 3 N–H and O–H groups in total. The predicted molar refractivity (Wildman–Crippen MR) is 80.2 cm³/mol. The highest BCUT2D eigenvalue weighted by molar-refractivity contribution is 7.17. The quantitative estimate of drug-likeness (QED) is 0.839. The van der Waals surface area contributed by atoms with Gasteiger partial charge in [-0.1, -0.05) is 13.8 Å². The summed E-state index contributed by atoms with van der Waals surface area (Å²) in [4.78, 5) is 4.43. The fourth-order valence-electron chi connectivity index (χ4n) is 2.03. The summed E-state index contributed by atoms with van der Waals surface area (Å²) in [6.45, 7) is 6.23. The van der Waals surface area contributed by atoms with Crippen LogP contribution in [-0.4, -0.2) is 18.1 Å². The van der Waals surface area contributed by atoms with E-state index < -0.39 is 0 Å². The van der Waals surface area contributed by atoms with Crippen LogP contribution in [0.4, 0.5) is 5.82 Å². The third kappa shape index (κ3) is 3.21. The van der Waals surface area contributed by atoms with Crippen LogP contribution >= 0.6 is 11.3 Å². The summed E-state index contributed by atoms with van der Waals surface area (Å²) in [6.07, 6.45) is 4.08. The lowest BCUT2D eigenvalue weighted by Gasteiger charge is -2.25. The van der Waals surface area contributed by atoms with Gasteiger partial charge in [0.15, 0.2) is 0 Å². The van der Waals surface area contributed by atoms with Gasteiger partial charge in [-0.2, -0.15) is 0 Å². The van der Waals surface area contributed by atoms with Crippen molar-refractivity contribution >= 4 is 27.2 Å². The maximum atomic E-state index is 5.57. The number of rotatable bonds is 6. The van der Waals surface area contributed by atoms with Crippen molar-refractivity contribution in [3.63, 3.8) is 0 Å². The van der Waals surface area contributed by atoms with Gasteiger partial charge in [-0.15, -0.1) is 11.3 Å². The Balaban J connectivity index is 2.03. The van der Waals surface area contributed by atoms with E-state index in [4.69, 9.17) is 5.73 Å². The summed E-state index contributed by atoms with van der Waals surface area (Å²) in [5, 5.41) is 6.81. The van der Waals surface area contributed by atoms with Crippen LogP contribution in [0.1, 0.15) is 26.7 Å². The van der Waals surface area contributed by atoms with E-state index in [1.54, 1.807) is 11.3 Å². The maximum Gasteiger partial charge on any atom is 0.134 e. The van der Waals surface area contributed by atoms with E-state index in [0.717, 1.165) is 31.7 Å². The van der Waals surface area contributed by atoms with Gasteiger partial charge in [0.2, 0.25) is 0 Å². The van der Waals surface area contributed by atoms with Crippen molar-refractivity contribution in [2.45, 2.75) is 26.7 Å². The van der Waals surface area contributed by atoms with Crippen LogP contribution in [0.5, 0.6) is 0 Å². The maximum absolute atomic E-state index is 5.57. The lowest BCUT2D eigenvalue weighted by molar-refractivity contribution is 0.350. The second kappa shape index (κ2) is 5.67. The molecule has 4 heteroatoms. The molecular weight excluding hydrogens is 242 g/mol. The van der Waals surface area contributed by atoms with Crippen molar-refractivity contribution in [1.82, 2.24) is 4.98 Å². The summed E-state index contributed by atoms with van der Waals surface area (Å²) < 4.78 is 1.28. The van der Waals surface area contributed by atoms with Crippen molar-refractivity contribution in [3.8, 4) is 0 Å². The second-order valence-electron chi connectivity index (χ2n) is 5.40. The van der Waals surface area contributed by atoms with Gasteiger partial charge in [-0.25, -0.2) is 4.98 Å². The number of nitrogens with one attached hydrogen (secondary N) is 1. The molecule has 0 fully saturated rings. The molecule has 0 atom stereocenters. The standard InChI is InChI=1S/C14H21N3S/c1-14(2,6-3-7-15)10-17-13-11-5-9-18-12(11)4-8-16-13/h4-5,8-9H,3,6-7,10,15H2,1-2H3,(H,16,17). The summed E-state index contributed by atoms with van der Waals surface area (Å²) in [5.74, 6) is 0.995. The van der Waals surface area contributed by atoms with E-state index in [1.807, 2.05) is 6.20 Å². The van der Waals surface area contributed by atoms with E-state index in [0.29, 0.717) is 0 Å². The number of anilines is 1. The fourth-order valence-corrected chi connectivity index (χ4v) is 2.81. The Morgan fingerprint density at radius 1 is 1.39 bits per heavy atom. The number of fused-ring (bicyclic) bond motifs is 1. The predicted octanol–water partition coefficient (Wildman–Crippen LogP) is 3.47. The average Bonchev–Trinajstić information content (AvgIpc) is 2.82. The Hall–Kier alpha value is -1.13. The Kier molecular flexibility index (Phi) is 4.19. The highest BCUT2D eigenvalue weighted by Gasteiger charge is 2.17. The normalized spacial score (nSPS) is 11.9. The minimum atomic E-state index is 0.249. The van der Waals surface area contributed by atoms with Gasteiger partial charge in [0, 0.05) is 22.8 Å². The largest absolute Gasteiger partial charge is 0.369 e. The number of nitrogens with two attached hydrogens (primary N) is 1. The van der Waals surface area contributed by atoms with Gasteiger partial charge in [0.25, 0.3) is 0 Å². The summed E-state index contributed by atoms with van der Waals surface area (Å²) in [7, 11) is 0. The molecule has 0 radical (unpaired) electrons. The molecule has 18 heavy (non-hydrogen) atoms. The van der Waals surface area contributed by atoms with Gasteiger partial charge in [0.05, 0.1) is 0 Å². The van der Waals surface area contributed by atoms with E-state index >= 15 is 0 Å². The average molecular weight is 263 g/mol. The molecule has 98 valence electrons. The molecular formula is C14H21N3S. The van der Waals surface area contributed by atoms with Crippen LogP contribution in [0, 0.1) is 5.41 Å². The van der Waals surface area contributed by atoms with Crippen LogP contribution in [0.3, 0.4) is 0 Å². The number of hydrogen-bond acceptors (Lipinski definition) is 4. The zero-order valence-electron chi connectivity index (χ0n) is 11.1. The first kappa shape index (κ1) is 13.3. The minimum absolute atomic E-state index is 0.249. The van der Waals surface area contributed by atoms with Gasteiger partial charge in [-0.05, 0) is 42.3 Å². The third-order valence-corrected chi connectivity index (χ3v) is 4.05. The van der Waals surface area contributed by atoms with Crippen molar-refractivity contribution in [1.29, 1.82) is 0 Å². The smallest absolute Gasteiger partial charge is 0.134 e. The van der Waals surface area contributed by atoms with Crippen LogP contribution in [0.2, 0.25) is 0 Å². The molecule has 0 saturated heterocycles. The molecule has 2 aromatic rings. The lowest BCUT2D eigenvalue weighted by Crippen LogP contribution is -2.24. The Morgan fingerprint density at radius 2 is 2.22 bits per heavy atom. The summed E-state index contributed by atoms with van der Waals surface area (Å²) in [6, 6.07) is 4.19. The zero-order valence-corrected chi connectivity index (χ0v) is 11.9. The van der Waals surface area contributed by atoms with Gasteiger partial charge < -0.3 is 11.1 Å². The zero-order chi connectivity index (χ0) is 13.0. The van der Waals surface area contributed by atoms with Crippen LogP contribution < -0.4 is 11.1 Å². The highest BCUT2D eigenvalue weighted by atomic mass is 32.1. The molecule has 0 aliphatic carbocycles. The highest BCUT2D eigenvalue weighted by Crippen LogP contribution is 2.28. The Morgan fingerprint density at radius 3 is 3.00 bits per heavy atom. The first-order valence-corrected chi connectivity index (χ1v) is 7.26. The first-order valence-electron chi connectivity index (χ1n) is 6.38. The van der Waals surface area contributed by atoms with E-state index in [-0.39, 0.29) is 5.41 Å². The van der Waals surface area contributed by atoms with Gasteiger partial charge in [-0.3, -0.25) is 0 Å². The first-order chi connectivity index (χ1) is 8.62. The van der Waals surface area contributed by atoms with Gasteiger partial charge >= 0.3 is 0 Å². The Bertz CT molecular complexity index is 504. The molecule has 0 saturated carbocycles. The Labute approximate surface area is 112 Å². The molecule has 0 amide bonds. The molecule has 0 aromatic carbocycles.